The van der Waals surface area contributed by atoms with Crippen molar-refractivity contribution in [1.82, 2.24) is 4.98 Å². The van der Waals surface area contributed by atoms with Crippen molar-refractivity contribution in [2.45, 2.75) is 13.3 Å². The van der Waals surface area contributed by atoms with Gasteiger partial charge in [-0.25, -0.2) is 15.0 Å². The molecule has 0 atom stereocenters. The molecular weight excluding hydrogens is 348 g/mol. The van der Waals surface area contributed by atoms with E-state index in [4.69, 9.17) is 14.4 Å². The maximum Gasteiger partial charge on any atom is 0.319 e. The van der Waals surface area contributed by atoms with Gasteiger partial charge in [0.1, 0.15) is 11.5 Å². The molecule has 0 spiro atoms. The summed E-state index contributed by atoms with van der Waals surface area (Å²) in [5.74, 6) is 3.04. The van der Waals surface area contributed by atoms with Crippen molar-refractivity contribution in [1.29, 1.82) is 0 Å². The second-order valence-electron chi connectivity index (χ2n) is 5.66. The molecule has 1 heterocycles. The first-order valence-corrected chi connectivity index (χ1v) is 8.27. The minimum Gasteiger partial charge on any atom is -0.493 e. The molecule has 7 heteroatoms. The zero-order chi connectivity index (χ0) is 19.1. The molecule has 27 heavy (non-hydrogen) atoms. The summed E-state index contributed by atoms with van der Waals surface area (Å²) in [6, 6.07) is 16.6. The lowest BCUT2D eigenvalue weighted by Crippen LogP contribution is -2.04. The highest BCUT2D eigenvalue weighted by molar-refractivity contribution is 5.59. The minimum absolute atomic E-state index is 0.417. The Hall–Kier alpha value is -3.54. The van der Waals surface area contributed by atoms with Crippen LogP contribution in [0, 0.1) is 6.92 Å². The monoisotopic (exact) mass is 366 g/mol. The van der Waals surface area contributed by atoms with Crippen LogP contribution < -0.4 is 10.1 Å². The van der Waals surface area contributed by atoms with Crippen molar-refractivity contribution < 1.29 is 24.1 Å². The second-order valence-corrected chi connectivity index (χ2v) is 5.66. The molecule has 1 aromatic heterocycles. The van der Waals surface area contributed by atoms with E-state index in [1.165, 1.54) is 5.94 Å². The van der Waals surface area contributed by atoms with E-state index in [-0.39, 0.29) is 0 Å². The summed E-state index contributed by atoms with van der Waals surface area (Å²) in [6.07, 6.45) is 0.610. The predicted molar refractivity (Wildman–Crippen MR) is 98.9 cm³/mol. The van der Waals surface area contributed by atoms with Crippen molar-refractivity contribution in [3.63, 3.8) is 0 Å². The number of benzene rings is 2. The Kier molecular flexibility index (Phi) is 5.89. The Morgan fingerprint density at radius 3 is 2.59 bits per heavy atom. The van der Waals surface area contributed by atoms with E-state index in [2.05, 4.69) is 15.2 Å². The van der Waals surface area contributed by atoms with E-state index >= 15 is 0 Å². The number of ether oxygens (including phenoxy) is 1. The molecule has 0 aliphatic rings. The lowest BCUT2D eigenvalue weighted by Gasteiger charge is -2.07. The molecule has 0 saturated carbocycles. The smallest absolute Gasteiger partial charge is 0.319 e. The van der Waals surface area contributed by atoms with Gasteiger partial charge < -0.3 is 19.4 Å². The van der Waals surface area contributed by atoms with Crippen LogP contribution in [0.1, 0.15) is 11.5 Å². The second kappa shape index (κ2) is 8.71. The Bertz CT molecular complexity index is 929. The molecule has 2 aromatic carbocycles. The summed E-state index contributed by atoms with van der Waals surface area (Å²) >= 11 is 0. The summed E-state index contributed by atoms with van der Waals surface area (Å²) in [5, 5.41) is 11.0. The van der Waals surface area contributed by atoms with Crippen LogP contribution in [0.25, 0.3) is 11.5 Å². The molecule has 3 aromatic rings. The Balaban J connectivity index is 1.56. The highest BCUT2D eigenvalue weighted by Crippen LogP contribution is 2.22. The number of oxazole rings is 1. The largest absolute Gasteiger partial charge is 0.493 e. The fourth-order valence-electron chi connectivity index (χ4n) is 2.46. The normalized spacial score (nSPS) is 10.1. The molecule has 0 aliphatic heterocycles. The molecule has 0 unspecified atom stereocenters. The first-order valence-electron chi connectivity index (χ1n) is 8.27. The predicted octanol–water partition coefficient (Wildman–Crippen LogP) is 3.85. The number of aryl methyl sites for hydroxylation is 1. The van der Waals surface area contributed by atoms with Crippen molar-refractivity contribution in [2.75, 3.05) is 11.9 Å². The number of anilines is 1. The lowest BCUT2D eigenvalue weighted by atomic mass is 10.2. The average molecular weight is 366 g/mol. The van der Waals surface area contributed by atoms with E-state index in [1.807, 2.05) is 37.3 Å². The van der Waals surface area contributed by atoms with Gasteiger partial charge in [-0.1, -0.05) is 18.2 Å². The molecule has 0 fully saturated rings. The summed E-state index contributed by atoms with van der Waals surface area (Å²) in [7, 11) is 0. The van der Waals surface area contributed by atoms with Gasteiger partial charge in [0.15, 0.2) is 5.94 Å². The lowest BCUT2D eigenvalue weighted by molar-refractivity contribution is -0.199. The molecule has 138 valence electrons. The van der Waals surface area contributed by atoms with Gasteiger partial charge in [-0.15, -0.1) is 0 Å². The Morgan fingerprint density at radius 1 is 1.19 bits per heavy atom. The van der Waals surface area contributed by atoms with Crippen LogP contribution in [-0.4, -0.2) is 22.8 Å². The number of nitrogens with one attached hydrogen (secondary N) is 1. The van der Waals surface area contributed by atoms with Crippen LogP contribution in [0.5, 0.6) is 5.75 Å². The maximum absolute atomic E-state index is 10.5. The number of rotatable bonds is 8. The molecule has 2 N–H and O–H groups in total. The summed E-state index contributed by atoms with van der Waals surface area (Å²) in [5.41, 5.74) is 2.34. The highest BCUT2D eigenvalue weighted by Gasteiger charge is 2.11. The minimum atomic E-state index is -0.417. The van der Waals surface area contributed by atoms with Crippen molar-refractivity contribution in [2.24, 2.45) is 0 Å². The quantitative estimate of drug-likeness (QED) is 0.271. The molecule has 0 amide bonds. The molecule has 7 nitrogen and oxygen atoms in total. The average Bonchev–Trinajstić information content (AvgIpc) is 3.08. The molecule has 0 saturated heterocycles. The molecule has 0 bridgehead atoms. The van der Waals surface area contributed by atoms with E-state index in [0.29, 0.717) is 30.4 Å². The number of carbonyl (C=O) groups excluding carboxylic acids is 1. The number of hydrogen-bond acceptors (Lipinski definition) is 7. The molecule has 3 rings (SSSR count). The van der Waals surface area contributed by atoms with Gasteiger partial charge in [0.25, 0.3) is 0 Å². The van der Waals surface area contributed by atoms with Crippen LogP contribution in [-0.2, 0) is 16.1 Å². The fourth-order valence-corrected chi connectivity index (χ4v) is 2.46. The zero-order valence-electron chi connectivity index (χ0n) is 14.6. The highest BCUT2D eigenvalue weighted by atomic mass is 17.1. The van der Waals surface area contributed by atoms with Gasteiger partial charge in [-0.2, -0.15) is 0 Å². The topological polar surface area (TPSA) is 93.8 Å². The van der Waals surface area contributed by atoms with Crippen molar-refractivity contribution in [3.8, 4) is 17.2 Å². The SMILES string of the molecule is Cc1oc(-c2ccccc2)nc1CCOc1ccc(NC(=C=O)OO)cc1. The van der Waals surface area contributed by atoms with E-state index in [9.17, 15) is 4.79 Å². The van der Waals surface area contributed by atoms with Gasteiger partial charge in [0.2, 0.25) is 5.89 Å². The molecular formula is C20H18N2O5. The third-order valence-corrected chi connectivity index (χ3v) is 3.82. The maximum atomic E-state index is 10.5. The third kappa shape index (κ3) is 4.76. The van der Waals surface area contributed by atoms with E-state index < -0.39 is 5.88 Å². The number of hydrogen-bond donors (Lipinski definition) is 2. The summed E-state index contributed by atoms with van der Waals surface area (Å²) in [6.45, 7) is 2.32. The Morgan fingerprint density at radius 2 is 1.93 bits per heavy atom. The summed E-state index contributed by atoms with van der Waals surface area (Å²) < 4.78 is 11.5. The number of aromatic nitrogens is 1. The van der Waals surface area contributed by atoms with Gasteiger partial charge in [0.05, 0.1) is 12.3 Å². The molecule has 0 aliphatic carbocycles. The standard InChI is InChI=1S/C20H18N2O5/c1-14-18(22-20(26-14)15-5-3-2-4-6-15)11-12-25-17-9-7-16(8-10-17)21-19(13-23)27-24/h2-10,21,24H,11-12H2,1H3. The van der Waals surface area contributed by atoms with Gasteiger partial charge in [-0.05, 0) is 43.3 Å². The van der Waals surface area contributed by atoms with Crippen LogP contribution in [0.3, 0.4) is 0 Å². The first kappa shape index (κ1) is 18.3. The van der Waals surface area contributed by atoms with E-state index in [0.717, 1.165) is 17.0 Å². The van der Waals surface area contributed by atoms with Crippen molar-refractivity contribution in [3.05, 3.63) is 71.9 Å². The zero-order valence-corrected chi connectivity index (χ0v) is 14.6. The Labute approximate surface area is 155 Å². The third-order valence-electron chi connectivity index (χ3n) is 3.82. The van der Waals surface area contributed by atoms with Crippen LogP contribution in [0.4, 0.5) is 5.69 Å². The van der Waals surface area contributed by atoms with Crippen LogP contribution >= 0.6 is 0 Å². The first-order chi connectivity index (χ1) is 13.2. The van der Waals surface area contributed by atoms with Gasteiger partial charge in [-0.3, -0.25) is 0 Å². The van der Waals surface area contributed by atoms with E-state index in [1.54, 1.807) is 24.3 Å². The number of nitrogens with zero attached hydrogens (tertiary/aromatic N) is 1. The summed E-state index contributed by atoms with van der Waals surface area (Å²) in [4.78, 5) is 18.8. The van der Waals surface area contributed by atoms with Crippen LogP contribution in [0.2, 0.25) is 0 Å². The fraction of sp³-hybridized carbons (Fsp3) is 0.150. The van der Waals surface area contributed by atoms with Gasteiger partial charge >= 0.3 is 5.88 Å². The van der Waals surface area contributed by atoms with Gasteiger partial charge in [0, 0.05) is 17.7 Å². The van der Waals surface area contributed by atoms with Crippen LogP contribution in [0.15, 0.2) is 64.9 Å². The molecule has 0 radical (unpaired) electrons. The van der Waals surface area contributed by atoms with Crippen molar-refractivity contribution >= 4 is 11.6 Å².